The van der Waals surface area contributed by atoms with Crippen LogP contribution >= 0.6 is 31.9 Å². The van der Waals surface area contributed by atoms with Crippen LogP contribution in [0.5, 0.6) is 0 Å². The second-order valence-corrected chi connectivity index (χ2v) is 6.67. The van der Waals surface area contributed by atoms with Crippen LogP contribution < -0.4 is 5.32 Å². The van der Waals surface area contributed by atoms with E-state index in [4.69, 9.17) is 0 Å². The standard InChI is InChI=1S/C16H17Br2NO/c1-16(11-20,13-5-3-2-4-6-13)19-10-12-7-8-14(17)15(18)9-12/h2-9,19-20H,10-11H2,1H3. The van der Waals surface area contributed by atoms with Gasteiger partial charge in [-0.2, -0.15) is 0 Å². The number of aliphatic hydroxyl groups excluding tert-OH is 1. The Kier molecular flexibility index (Phi) is 5.38. The van der Waals surface area contributed by atoms with Crippen LogP contribution in [0.2, 0.25) is 0 Å². The van der Waals surface area contributed by atoms with Gasteiger partial charge < -0.3 is 10.4 Å². The molecule has 0 aliphatic rings. The summed E-state index contributed by atoms with van der Waals surface area (Å²) in [4.78, 5) is 0. The van der Waals surface area contributed by atoms with E-state index in [2.05, 4.69) is 49.3 Å². The van der Waals surface area contributed by atoms with E-state index < -0.39 is 5.54 Å². The smallest absolute Gasteiger partial charge is 0.0652 e. The number of rotatable bonds is 5. The fourth-order valence-corrected chi connectivity index (χ4v) is 2.67. The van der Waals surface area contributed by atoms with Crippen molar-refractivity contribution >= 4 is 31.9 Å². The molecular formula is C16H17Br2NO. The molecule has 0 radical (unpaired) electrons. The van der Waals surface area contributed by atoms with Crippen molar-refractivity contribution < 1.29 is 5.11 Å². The minimum absolute atomic E-state index is 0.0503. The molecule has 0 aliphatic heterocycles. The number of halogens is 2. The van der Waals surface area contributed by atoms with Gasteiger partial charge in [0.25, 0.3) is 0 Å². The fourth-order valence-electron chi connectivity index (χ4n) is 2.00. The van der Waals surface area contributed by atoms with E-state index in [1.54, 1.807) is 0 Å². The topological polar surface area (TPSA) is 32.3 Å². The Morgan fingerprint density at radius 2 is 1.75 bits per heavy atom. The molecule has 0 aromatic heterocycles. The number of benzene rings is 2. The van der Waals surface area contributed by atoms with Crippen LogP contribution in [-0.4, -0.2) is 11.7 Å². The lowest BCUT2D eigenvalue weighted by Crippen LogP contribution is -2.42. The molecule has 4 heteroatoms. The van der Waals surface area contributed by atoms with Gasteiger partial charge in [0.1, 0.15) is 0 Å². The van der Waals surface area contributed by atoms with Crippen molar-refractivity contribution in [2.24, 2.45) is 0 Å². The zero-order valence-electron chi connectivity index (χ0n) is 11.2. The van der Waals surface area contributed by atoms with Crippen LogP contribution in [0.4, 0.5) is 0 Å². The second-order valence-electron chi connectivity index (χ2n) is 4.96. The molecule has 1 atom stereocenters. The highest BCUT2D eigenvalue weighted by Crippen LogP contribution is 2.25. The Labute approximate surface area is 136 Å². The van der Waals surface area contributed by atoms with Gasteiger partial charge in [0.05, 0.1) is 12.1 Å². The normalized spacial score (nSPS) is 14.0. The molecule has 2 nitrogen and oxygen atoms in total. The average Bonchev–Trinajstić information content (AvgIpc) is 2.49. The molecule has 2 aromatic rings. The first kappa shape index (κ1) is 15.7. The third-order valence-corrected chi connectivity index (χ3v) is 5.27. The average molecular weight is 399 g/mol. The molecular weight excluding hydrogens is 382 g/mol. The summed E-state index contributed by atoms with van der Waals surface area (Å²) >= 11 is 6.97. The molecule has 0 saturated carbocycles. The largest absolute Gasteiger partial charge is 0.394 e. The molecule has 20 heavy (non-hydrogen) atoms. The Morgan fingerprint density at radius 1 is 1.05 bits per heavy atom. The maximum Gasteiger partial charge on any atom is 0.0652 e. The molecule has 0 amide bonds. The number of hydrogen-bond donors (Lipinski definition) is 2. The van der Waals surface area contributed by atoms with Gasteiger partial charge in [-0.05, 0) is 62.0 Å². The first-order chi connectivity index (χ1) is 9.55. The van der Waals surface area contributed by atoms with Crippen LogP contribution in [0.25, 0.3) is 0 Å². The fraction of sp³-hybridized carbons (Fsp3) is 0.250. The minimum Gasteiger partial charge on any atom is -0.394 e. The number of nitrogens with one attached hydrogen (secondary N) is 1. The molecule has 2 aromatic carbocycles. The van der Waals surface area contributed by atoms with Crippen molar-refractivity contribution in [2.75, 3.05) is 6.61 Å². The van der Waals surface area contributed by atoms with Gasteiger partial charge in [-0.15, -0.1) is 0 Å². The highest BCUT2D eigenvalue weighted by molar-refractivity contribution is 9.13. The van der Waals surface area contributed by atoms with Gasteiger partial charge in [0, 0.05) is 15.5 Å². The molecule has 1 unspecified atom stereocenters. The first-order valence-electron chi connectivity index (χ1n) is 6.40. The van der Waals surface area contributed by atoms with Crippen LogP contribution in [0.3, 0.4) is 0 Å². The van der Waals surface area contributed by atoms with E-state index in [0.29, 0.717) is 6.54 Å². The Morgan fingerprint density at radius 3 is 2.35 bits per heavy atom. The van der Waals surface area contributed by atoms with Crippen LogP contribution in [-0.2, 0) is 12.1 Å². The van der Waals surface area contributed by atoms with Crippen molar-refractivity contribution in [1.82, 2.24) is 5.32 Å². The molecule has 2 rings (SSSR count). The quantitative estimate of drug-likeness (QED) is 0.790. The predicted molar refractivity (Wildman–Crippen MR) is 89.6 cm³/mol. The SMILES string of the molecule is CC(CO)(NCc1ccc(Br)c(Br)c1)c1ccccc1. The molecule has 0 spiro atoms. The van der Waals surface area contributed by atoms with Gasteiger partial charge in [-0.1, -0.05) is 36.4 Å². The van der Waals surface area contributed by atoms with Crippen molar-refractivity contribution in [3.63, 3.8) is 0 Å². The lowest BCUT2D eigenvalue weighted by molar-refractivity contribution is 0.173. The third-order valence-electron chi connectivity index (χ3n) is 3.39. The van der Waals surface area contributed by atoms with Gasteiger partial charge >= 0.3 is 0 Å². The summed E-state index contributed by atoms with van der Waals surface area (Å²) in [5.74, 6) is 0. The molecule has 106 valence electrons. The summed E-state index contributed by atoms with van der Waals surface area (Å²) in [6, 6.07) is 16.2. The van der Waals surface area contributed by atoms with Gasteiger partial charge in [-0.3, -0.25) is 0 Å². The van der Waals surface area contributed by atoms with E-state index >= 15 is 0 Å². The van der Waals surface area contributed by atoms with E-state index in [9.17, 15) is 5.11 Å². The zero-order chi connectivity index (χ0) is 14.6. The van der Waals surface area contributed by atoms with Crippen molar-refractivity contribution in [2.45, 2.75) is 19.0 Å². The van der Waals surface area contributed by atoms with Crippen molar-refractivity contribution in [1.29, 1.82) is 0 Å². The molecule has 2 N–H and O–H groups in total. The minimum atomic E-state index is -0.444. The summed E-state index contributed by atoms with van der Waals surface area (Å²) < 4.78 is 2.07. The Balaban J connectivity index is 2.13. The maximum atomic E-state index is 9.74. The third kappa shape index (κ3) is 3.70. The lowest BCUT2D eigenvalue weighted by Gasteiger charge is -2.29. The van der Waals surface area contributed by atoms with E-state index in [0.717, 1.165) is 20.1 Å². The summed E-state index contributed by atoms with van der Waals surface area (Å²) in [7, 11) is 0. The van der Waals surface area contributed by atoms with Crippen LogP contribution in [0, 0.1) is 0 Å². The van der Waals surface area contributed by atoms with E-state index in [1.165, 1.54) is 0 Å². The first-order valence-corrected chi connectivity index (χ1v) is 7.99. The highest BCUT2D eigenvalue weighted by Gasteiger charge is 2.24. The lowest BCUT2D eigenvalue weighted by atomic mass is 9.92. The van der Waals surface area contributed by atoms with Gasteiger partial charge in [0.15, 0.2) is 0 Å². The monoisotopic (exact) mass is 397 g/mol. The zero-order valence-corrected chi connectivity index (χ0v) is 14.4. The summed E-state index contributed by atoms with van der Waals surface area (Å²) in [6.07, 6.45) is 0. The van der Waals surface area contributed by atoms with E-state index in [1.807, 2.05) is 43.3 Å². The molecule has 0 heterocycles. The predicted octanol–water partition coefficient (Wildman–Crippen LogP) is 4.21. The molecule has 0 bridgehead atoms. The summed E-state index contributed by atoms with van der Waals surface area (Å²) in [6.45, 7) is 2.75. The summed E-state index contributed by atoms with van der Waals surface area (Å²) in [5, 5.41) is 13.2. The molecule has 0 saturated heterocycles. The van der Waals surface area contributed by atoms with Gasteiger partial charge in [0.2, 0.25) is 0 Å². The van der Waals surface area contributed by atoms with E-state index in [-0.39, 0.29) is 6.61 Å². The van der Waals surface area contributed by atoms with Crippen LogP contribution in [0.1, 0.15) is 18.1 Å². The Bertz CT molecular complexity index is 574. The Hall–Kier alpha value is -0.680. The second kappa shape index (κ2) is 6.85. The number of hydrogen-bond acceptors (Lipinski definition) is 2. The van der Waals surface area contributed by atoms with Crippen molar-refractivity contribution in [3.05, 3.63) is 68.6 Å². The van der Waals surface area contributed by atoms with Crippen LogP contribution in [0.15, 0.2) is 57.5 Å². The molecule has 0 fully saturated rings. The van der Waals surface area contributed by atoms with Crippen molar-refractivity contribution in [3.8, 4) is 0 Å². The summed E-state index contributed by atoms with van der Waals surface area (Å²) in [5.41, 5.74) is 1.80. The van der Waals surface area contributed by atoms with Gasteiger partial charge in [-0.25, -0.2) is 0 Å². The number of aliphatic hydroxyl groups is 1. The maximum absolute atomic E-state index is 9.74. The highest BCUT2D eigenvalue weighted by atomic mass is 79.9. The molecule has 0 aliphatic carbocycles.